The van der Waals surface area contributed by atoms with E-state index in [1.165, 1.54) is 5.57 Å². The van der Waals surface area contributed by atoms with Crippen molar-refractivity contribution in [2.75, 3.05) is 13.1 Å². The Hall–Kier alpha value is -1.32. The lowest BCUT2D eigenvalue weighted by Gasteiger charge is -2.33. The number of ketones is 1. The summed E-state index contributed by atoms with van der Waals surface area (Å²) in [5.74, 6) is 0.913. The summed E-state index contributed by atoms with van der Waals surface area (Å²) >= 11 is 0. The molecule has 1 aliphatic heterocycles. The summed E-state index contributed by atoms with van der Waals surface area (Å²) < 4.78 is 5.41. The number of allylic oxidation sites excluding steroid dienone is 2. The van der Waals surface area contributed by atoms with Gasteiger partial charge in [0.15, 0.2) is 5.78 Å². The van der Waals surface area contributed by atoms with Gasteiger partial charge in [0.05, 0.1) is 0 Å². The van der Waals surface area contributed by atoms with Crippen LogP contribution in [-0.4, -0.2) is 35.5 Å². The van der Waals surface area contributed by atoms with Gasteiger partial charge in [-0.15, -0.1) is 0 Å². The van der Waals surface area contributed by atoms with Crippen molar-refractivity contribution in [3.05, 3.63) is 11.1 Å². The highest BCUT2D eigenvalue weighted by Crippen LogP contribution is 2.32. The molecule has 0 radical (unpaired) electrons. The summed E-state index contributed by atoms with van der Waals surface area (Å²) in [6.45, 7) is 9.16. The highest BCUT2D eigenvalue weighted by molar-refractivity contribution is 5.98. The first-order chi connectivity index (χ1) is 9.76. The van der Waals surface area contributed by atoms with Crippen LogP contribution in [0.15, 0.2) is 11.1 Å². The molecule has 0 bridgehead atoms. The summed E-state index contributed by atoms with van der Waals surface area (Å²) in [4.78, 5) is 25.4. The minimum absolute atomic E-state index is 0.201. The van der Waals surface area contributed by atoms with Crippen LogP contribution in [0, 0.1) is 5.92 Å². The average Bonchev–Trinajstić information content (AvgIpc) is 2.69. The largest absolute Gasteiger partial charge is 0.444 e. The number of rotatable bonds is 2. The Morgan fingerprint density at radius 1 is 1.24 bits per heavy atom. The number of carbonyl (C=O) groups is 2. The highest BCUT2D eigenvalue weighted by atomic mass is 16.6. The molecule has 21 heavy (non-hydrogen) atoms. The van der Waals surface area contributed by atoms with Gasteiger partial charge in [-0.05, 0) is 64.9 Å². The van der Waals surface area contributed by atoms with Crippen molar-refractivity contribution in [3.63, 3.8) is 0 Å². The van der Waals surface area contributed by atoms with Crippen molar-refractivity contribution >= 4 is 11.9 Å². The third kappa shape index (κ3) is 4.32. The average molecular weight is 293 g/mol. The van der Waals surface area contributed by atoms with Gasteiger partial charge in [0.1, 0.15) is 5.60 Å². The van der Waals surface area contributed by atoms with Crippen LogP contribution in [-0.2, 0) is 9.53 Å². The van der Waals surface area contributed by atoms with E-state index in [0.29, 0.717) is 18.1 Å². The van der Waals surface area contributed by atoms with E-state index < -0.39 is 5.60 Å². The van der Waals surface area contributed by atoms with Crippen molar-refractivity contribution in [2.24, 2.45) is 5.92 Å². The summed E-state index contributed by atoms with van der Waals surface area (Å²) in [6, 6.07) is 0. The number of Topliss-reactive ketones (excluding diaryl/α,β-unsaturated/α-hetero) is 1. The van der Waals surface area contributed by atoms with Gasteiger partial charge < -0.3 is 9.64 Å². The van der Waals surface area contributed by atoms with Gasteiger partial charge in [-0.2, -0.15) is 0 Å². The third-order valence-electron chi connectivity index (χ3n) is 4.40. The zero-order chi connectivity index (χ0) is 15.6. The second-order valence-electron chi connectivity index (χ2n) is 7.27. The van der Waals surface area contributed by atoms with E-state index in [9.17, 15) is 9.59 Å². The van der Waals surface area contributed by atoms with Gasteiger partial charge in [-0.3, -0.25) is 4.79 Å². The fourth-order valence-electron chi connectivity index (χ4n) is 3.09. The number of amides is 1. The summed E-state index contributed by atoms with van der Waals surface area (Å²) in [5, 5.41) is 0. The molecule has 1 aliphatic carbocycles. The predicted octanol–water partition coefficient (Wildman–Crippen LogP) is 3.70. The van der Waals surface area contributed by atoms with Crippen LogP contribution in [0.3, 0.4) is 0 Å². The Labute approximate surface area is 127 Å². The molecule has 118 valence electrons. The first-order valence-electron chi connectivity index (χ1n) is 7.96. The Bertz CT molecular complexity index is 451. The minimum atomic E-state index is -0.430. The Morgan fingerprint density at radius 2 is 1.86 bits per heavy atom. The Kier molecular flexibility index (Phi) is 4.74. The van der Waals surface area contributed by atoms with E-state index in [1.54, 1.807) is 0 Å². The van der Waals surface area contributed by atoms with Crippen molar-refractivity contribution in [3.8, 4) is 0 Å². The standard InChI is InChI=1S/C17H27NO3/c1-12-14(5-6-15(12)19)11-13-7-9-18(10-8-13)16(20)21-17(2,3)4/h13H,5-11H2,1-4H3. The number of hydrogen-bond acceptors (Lipinski definition) is 3. The van der Waals surface area contributed by atoms with Gasteiger partial charge in [-0.25, -0.2) is 4.79 Å². The molecular weight excluding hydrogens is 266 g/mol. The zero-order valence-corrected chi connectivity index (χ0v) is 13.7. The van der Waals surface area contributed by atoms with Crippen molar-refractivity contribution in [1.29, 1.82) is 0 Å². The van der Waals surface area contributed by atoms with Gasteiger partial charge in [-0.1, -0.05) is 5.57 Å². The number of ether oxygens (including phenoxy) is 1. The molecule has 0 aromatic carbocycles. The van der Waals surface area contributed by atoms with Gasteiger partial charge >= 0.3 is 6.09 Å². The second-order valence-corrected chi connectivity index (χ2v) is 7.27. The summed E-state index contributed by atoms with van der Waals surface area (Å²) in [6.07, 6.45) is 4.47. The topological polar surface area (TPSA) is 46.6 Å². The lowest BCUT2D eigenvalue weighted by molar-refractivity contribution is -0.114. The lowest BCUT2D eigenvalue weighted by atomic mass is 9.89. The molecule has 0 aromatic rings. The van der Waals surface area contributed by atoms with Crippen LogP contribution in [0.5, 0.6) is 0 Å². The van der Waals surface area contributed by atoms with Crippen molar-refractivity contribution in [1.82, 2.24) is 4.90 Å². The predicted molar refractivity (Wildman–Crippen MR) is 82.1 cm³/mol. The number of piperidine rings is 1. The second kappa shape index (κ2) is 6.20. The maximum absolute atomic E-state index is 12.0. The quantitative estimate of drug-likeness (QED) is 0.780. The Balaban J connectivity index is 1.81. The normalized spacial score (nSPS) is 21.1. The molecule has 0 aromatic heterocycles. The van der Waals surface area contributed by atoms with Crippen LogP contribution in [0.2, 0.25) is 0 Å². The molecule has 2 rings (SSSR count). The van der Waals surface area contributed by atoms with Crippen LogP contribution in [0.4, 0.5) is 4.79 Å². The third-order valence-corrected chi connectivity index (χ3v) is 4.40. The van der Waals surface area contributed by atoms with Crippen LogP contribution >= 0.6 is 0 Å². The van der Waals surface area contributed by atoms with E-state index in [0.717, 1.165) is 44.3 Å². The van der Waals surface area contributed by atoms with E-state index in [-0.39, 0.29) is 6.09 Å². The van der Waals surface area contributed by atoms with Crippen LogP contribution in [0.25, 0.3) is 0 Å². The molecule has 1 fully saturated rings. The monoisotopic (exact) mass is 293 g/mol. The molecule has 4 nitrogen and oxygen atoms in total. The fraction of sp³-hybridized carbons (Fsp3) is 0.765. The summed E-state index contributed by atoms with van der Waals surface area (Å²) in [7, 11) is 0. The fourth-order valence-corrected chi connectivity index (χ4v) is 3.09. The van der Waals surface area contributed by atoms with Gasteiger partial charge in [0.25, 0.3) is 0 Å². The smallest absolute Gasteiger partial charge is 0.410 e. The first kappa shape index (κ1) is 16.1. The number of likely N-dealkylation sites (tertiary alicyclic amines) is 1. The molecule has 2 aliphatic rings. The lowest BCUT2D eigenvalue weighted by Crippen LogP contribution is -2.41. The molecule has 1 saturated heterocycles. The summed E-state index contributed by atoms with van der Waals surface area (Å²) in [5.41, 5.74) is 1.90. The molecule has 1 heterocycles. The van der Waals surface area contributed by atoms with E-state index in [4.69, 9.17) is 4.74 Å². The number of nitrogens with zero attached hydrogens (tertiary/aromatic N) is 1. The molecule has 0 spiro atoms. The number of hydrogen-bond donors (Lipinski definition) is 0. The Morgan fingerprint density at radius 3 is 2.33 bits per heavy atom. The van der Waals surface area contributed by atoms with E-state index >= 15 is 0 Å². The number of carbonyl (C=O) groups excluding carboxylic acids is 2. The van der Waals surface area contributed by atoms with Crippen LogP contribution in [0.1, 0.15) is 59.8 Å². The van der Waals surface area contributed by atoms with Gasteiger partial charge in [0, 0.05) is 19.5 Å². The molecule has 4 heteroatoms. The molecule has 0 saturated carbocycles. The maximum atomic E-state index is 12.0. The molecule has 0 N–H and O–H groups in total. The highest BCUT2D eigenvalue weighted by Gasteiger charge is 2.28. The van der Waals surface area contributed by atoms with Crippen molar-refractivity contribution in [2.45, 2.75) is 65.4 Å². The first-order valence-corrected chi connectivity index (χ1v) is 7.96. The molecular formula is C17H27NO3. The van der Waals surface area contributed by atoms with E-state index in [2.05, 4.69) is 0 Å². The maximum Gasteiger partial charge on any atom is 0.410 e. The van der Waals surface area contributed by atoms with Crippen molar-refractivity contribution < 1.29 is 14.3 Å². The van der Waals surface area contributed by atoms with Gasteiger partial charge in [0.2, 0.25) is 0 Å². The zero-order valence-electron chi connectivity index (χ0n) is 13.7. The SMILES string of the molecule is CC1=C(CC2CCN(C(=O)OC(C)(C)C)CC2)CCC1=O. The molecule has 0 unspecified atom stereocenters. The van der Waals surface area contributed by atoms with E-state index in [1.807, 2.05) is 32.6 Å². The van der Waals surface area contributed by atoms with Crippen LogP contribution < -0.4 is 0 Å². The molecule has 1 amide bonds. The minimum Gasteiger partial charge on any atom is -0.444 e. The molecule has 0 atom stereocenters.